The summed E-state index contributed by atoms with van der Waals surface area (Å²) in [6.07, 6.45) is -2.07. The number of benzene rings is 1. The van der Waals surface area contributed by atoms with Crippen molar-refractivity contribution in [1.82, 2.24) is 24.3 Å². The number of aromatic nitrogens is 5. The molecule has 10 heteroatoms. The van der Waals surface area contributed by atoms with Gasteiger partial charge in [0, 0.05) is 17.0 Å². The third kappa shape index (κ3) is 3.40. The van der Waals surface area contributed by atoms with E-state index in [4.69, 9.17) is 0 Å². The highest BCUT2D eigenvalue weighted by atomic mass is 19.4. The second kappa shape index (κ2) is 6.97. The van der Waals surface area contributed by atoms with E-state index in [-0.39, 0.29) is 29.0 Å². The Hall–Kier alpha value is -3.69. The van der Waals surface area contributed by atoms with Crippen LogP contribution in [0.25, 0.3) is 16.7 Å². The summed E-state index contributed by atoms with van der Waals surface area (Å²) < 4.78 is 41.3. The molecular formula is C20H16F3N5O2. The standard InChI is InChI=1S/C20H16F3N5O2/c1-11-6-15(12(2)26-11)17(29)9-27-10-24-18-16(19(27)30)8-25-28(18)14-5-3-4-13(7-14)20(21,22)23/h3-8,10,26H,9H2,1-2H3. The molecule has 0 saturated carbocycles. The maximum absolute atomic E-state index is 13.0. The van der Waals surface area contributed by atoms with Crippen LogP contribution in [-0.4, -0.2) is 30.1 Å². The van der Waals surface area contributed by atoms with Crippen LogP contribution in [0.4, 0.5) is 13.2 Å². The van der Waals surface area contributed by atoms with Gasteiger partial charge in [0.2, 0.25) is 0 Å². The summed E-state index contributed by atoms with van der Waals surface area (Å²) in [5, 5.41) is 4.13. The predicted molar refractivity (Wildman–Crippen MR) is 103 cm³/mol. The Bertz CT molecular complexity index is 1330. The van der Waals surface area contributed by atoms with Crippen molar-refractivity contribution in [2.45, 2.75) is 26.6 Å². The van der Waals surface area contributed by atoms with Gasteiger partial charge in [-0.25, -0.2) is 9.67 Å². The lowest BCUT2D eigenvalue weighted by Crippen LogP contribution is -2.24. The molecule has 0 bridgehead atoms. The van der Waals surface area contributed by atoms with Crippen LogP contribution in [-0.2, 0) is 12.7 Å². The van der Waals surface area contributed by atoms with Crippen LogP contribution in [0.3, 0.4) is 0 Å². The van der Waals surface area contributed by atoms with Crippen molar-refractivity contribution in [2.75, 3.05) is 0 Å². The molecule has 0 aliphatic heterocycles. The summed E-state index contributed by atoms with van der Waals surface area (Å²) in [5.41, 5.74) is 0.919. The fraction of sp³-hybridized carbons (Fsp3) is 0.200. The number of rotatable bonds is 4. The molecule has 30 heavy (non-hydrogen) atoms. The molecular weight excluding hydrogens is 399 g/mol. The quantitative estimate of drug-likeness (QED) is 0.518. The van der Waals surface area contributed by atoms with E-state index >= 15 is 0 Å². The van der Waals surface area contributed by atoms with Crippen molar-refractivity contribution < 1.29 is 18.0 Å². The van der Waals surface area contributed by atoms with Gasteiger partial charge in [0.15, 0.2) is 11.4 Å². The average Bonchev–Trinajstić information content (AvgIpc) is 3.26. The third-order valence-electron chi connectivity index (χ3n) is 4.74. The van der Waals surface area contributed by atoms with Gasteiger partial charge < -0.3 is 4.98 Å². The second-order valence-corrected chi connectivity index (χ2v) is 6.93. The zero-order valence-electron chi connectivity index (χ0n) is 16.0. The van der Waals surface area contributed by atoms with E-state index in [2.05, 4.69) is 15.1 Å². The lowest BCUT2D eigenvalue weighted by atomic mass is 10.1. The lowest BCUT2D eigenvalue weighted by molar-refractivity contribution is -0.137. The zero-order chi connectivity index (χ0) is 21.6. The molecule has 3 heterocycles. The molecule has 0 amide bonds. The molecule has 7 nitrogen and oxygen atoms in total. The summed E-state index contributed by atoms with van der Waals surface area (Å²) in [6, 6.07) is 6.29. The summed E-state index contributed by atoms with van der Waals surface area (Å²) in [6.45, 7) is 3.38. The van der Waals surface area contributed by atoms with Gasteiger partial charge in [-0.1, -0.05) is 6.07 Å². The van der Waals surface area contributed by atoms with E-state index in [1.54, 1.807) is 13.0 Å². The monoisotopic (exact) mass is 415 g/mol. The first-order chi connectivity index (χ1) is 14.1. The number of hydrogen-bond donors (Lipinski definition) is 1. The number of aryl methyl sites for hydroxylation is 2. The van der Waals surface area contributed by atoms with Gasteiger partial charge in [0.05, 0.1) is 24.0 Å². The van der Waals surface area contributed by atoms with Crippen LogP contribution in [0, 0.1) is 13.8 Å². The first-order valence-corrected chi connectivity index (χ1v) is 8.95. The summed E-state index contributed by atoms with van der Waals surface area (Å²) in [5.74, 6) is -0.259. The van der Waals surface area contributed by atoms with Gasteiger partial charge in [-0.2, -0.15) is 18.3 Å². The van der Waals surface area contributed by atoms with E-state index in [0.29, 0.717) is 11.3 Å². The number of nitrogens with zero attached hydrogens (tertiary/aromatic N) is 4. The van der Waals surface area contributed by atoms with Gasteiger partial charge in [0.25, 0.3) is 5.56 Å². The first kappa shape index (κ1) is 19.6. The predicted octanol–water partition coefficient (Wildman–Crippen LogP) is 3.43. The third-order valence-corrected chi connectivity index (χ3v) is 4.74. The minimum atomic E-state index is -4.51. The molecule has 1 N–H and O–H groups in total. The molecule has 0 radical (unpaired) electrons. The van der Waals surface area contributed by atoms with Gasteiger partial charge in [-0.15, -0.1) is 0 Å². The highest BCUT2D eigenvalue weighted by Gasteiger charge is 2.30. The molecule has 0 spiro atoms. The van der Waals surface area contributed by atoms with E-state index < -0.39 is 17.3 Å². The summed E-state index contributed by atoms with van der Waals surface area (Å²) >= 11 is 0. The SMILES string of the molecule is Cc1cc(C(=O)Cn2cnc3c(cnn3-c3cccc(C(F)(F)F)c3)c2=O)c(C)[nH]1. The van der Waals surface area contributed by atoms with Crippen molar-refractivity contribution in [1.29, 1.82) is 0 Å². The Morgan fingerprint density at radius 1 is 1.20 bits per heavy atom. The van der Waals surface area contributed by atoms with Gasteiger partial charge >= 0.3 is 6.18 Å². The summed E-state index contributed by atoms with van der Waals surface area (Å²) in [4.78, 5) is 32.6. The number of H-pyrrole nitrogens is 1. The fourth-order valence-electron chi connectivity index (χ4n) is 3.32. The molecule has 0 fully saturated rings. The smallest absolute Gasteiger partial charge is 0.362 e. The van der Waals surface area contributed by atoms with E-state index in [0.717, 1.165) is 27.1 Å². The largest absolute Gasteiger partial charge is 0.416 e. The molecule has 154 valence electrons. The highest BCUT2D eigenvalue weighted by Crippen LogP contribution is 2.30. The minimum absolute atomic E-state index is 0.102. The minimum Gasteiger partial charge on any atom is -0.362 e. The Morgan fingerprint density at radius 3 is 2.63 bits per heavy atom. The molecule has 4 aromatic rings. The van der Waals surface area contributed by atoms with Gasteiger partial charge in [-0.05, 0) is 38.1 Å². The molecule has 0 unspecified atom stereocenters. The number of aromatic amines is 1. The van der Waals surface area contributed by atoms with Crippen LogP contribution in [0.5, 0.6) is 0 Å². The number of alkyl halides is 3. The van der Waals surface area contributed by atoms with Crippen LogP contribution >= 0.6 is 0 Å². The van der Waals surface area contributed by atoms with Crippen LogP contribution < -0.4 is 5.56 Å². The maximum Gasteiger partial charge on any atom is 0.416 e. The normalized spacial score (nSPS) is 11.9. The average molecular weight is 415 g/mol. The Balaban J connectivity index is 1.71. The zero-order valence-corrected chi connectivity index (χ0v) is 16.0. The lowest BCUT2D eigenvalue weighted by Gasteiger charge is -2.09. The maximum atomic E-state index is 13.0. The van der Waals surface area contributed by atoms with E-state index in [1.165, 1.54) is 24.7 Å². The number of hydrogen-bond acceptors (Lipinski definition) is 4. The van der Waals surface area contributed by atoms with Crippen molar-refractivity contribution in [2.24, 2.45) is 0 Å². The van der Waals surface area contributed by atoms with Crippen molar-refractivity contribution in [3.8, 4) is 5.69 Å². The molecule has 0 atom stereocenters. The molecule has 3 aromatic heterocycles. The number of fused-ring (bicyclic) bond motifs is 1. The molecule has 0 saturated heterocycles. The van der Waals surface area contributed by atoms with Gasteiger partial charge in [0.1, 0.15) is 11.7 Å². The molecule has 4 rings (SSSR count). The number of Topliss-reactive ketones (excluding diaryl/α,β-unsaturated/α-hetero) is 1. The van der Waals surface area contributed by atoms with Crippen LogP contribution in [0.1, 0.15) is 27.3 Å². The van der Waals surface area contributed by atoms with Crippen LogP contribution in [0.2, 0.25) is 0 Å². The number of ketones is 1. The first-order valence-electron chi connectivity index (χ1n) is 8.95. The second-order valence-electron chi connectivity index (χ2n) is 6.93. The Labute approximate surface area is 167 Å². The van der Waals surface area contributed by atoms with E-state index in [1.807, 2.05) is 6.92 Å². The van der Waals surface area contributed by atoms with Gasteiger partial charge in [-0.3, -0.25) is 14.2 Å². The highest BCUT2D eigenvalue weighted by molar-refractivity contribution is 5.97. The van der Waals surface area contributed by atoms with Crippen LogP contribution in [0.15, 0.2) is 47.7 Å². The molecule has 0 aliphatic rings. The number of carbonyl (C=O) groups is 1. The summed E-state index contributed by atoms with van der Waals surface area (Å²) in [7, 11) is 0. The molecule has 0 aliphatic carbocycles. The van der Waals surface area contributed by atoms with E-state index in [9.17, 15) is 22.8 Å². The van der Waals surface area contributed by atoms with Crippen molar-refractivity contribution >= 4 is 16.8 Å². The Morgan fingerprint density at radius 2 is 1.97 bits per heavy atom. The fourth-order valence-corrected chi connectivity index (χ4v) is 3.32. The number of carbonyl (C=O) groups excluding carboxylic acids is 1. The number of halogens is 3. The Kier molecular flexibility index (Phi) is 4.56. The van der Waals surface area contributed by atoms with Crippen molar-refractivity contribution in [3.05, 3.63) is 75.7 Å². The topological polar surface area (TPSA) is 85.6 Å². The molecule has 1 aromatic carbocycles. The number of nitrogens with one attached hydrogen (secondary N) is 1. The van der Waals surface area contributed by atoms with Crippen molar-refractivity contribution in [3.63, 3.8) is 0 Å².